The van der Waals surface area contributed by atoms with Crippen molar-refractivity contribution in [1.82, 2.24) is 10.3 Å². The minimum atomic E-state index is -0.313. The Bertz CT molecular complexity index is 601. The van der Waals surface area contributed by atoms with Crippen LogP contribution in [0.5, 0.6) is 0 Å². The van der Waals surface area contributed by atoms with Crippen molar-refractivity contribution >= 4 is 11.6 Å². The molecule has 0 radical (unpaired) electrons. The van der Waals surface area contributed by atoms with Crippen LogP contribution in [0.2, 0.25) is 0 Å². The average Bonchev–Trinajstić information content (AvgIpc) is 2.46. The van der Waals surface area contributed by atoms with Gasteiger partial charge in [0.15, 0.2) is 0 Å². The summed E-state index contributed by atoms with van der Waals surface area (Å²) in [5.74, 6) is -0.551. The summed E-state index contributed by atoms with van der Waals surface area (Å²) >= 11 is 0. The Morgan fingerprint density at radius 3 is 2.95 bits per heavy atom. The molecule has 0 fully saturated rings. The molecule has 0 saturated carbocycles. The predicted octanol–water partition coefficient (Wildman–Crippen LogP) is 2.58. The third kappa shape index (κ3) is 3.54. The summed E-state index contributed by atoms with van der Waals surface area (Å²) in [6.45, 7) is 2.94. The smallest absolute Gasteiger partial charge is 0.255 e. The van der Waals surface area contributed by atoms with E-state index in [4.69, 9.17) is 0 Å². The largest absolute Gasteiger partial charge is 0.385 e. The van der Waals surface area contributed by atoms with E-state index in [1.54, 1.807) is 24.4 Å². The fourth-order valence-corrected chi connectivity index (χ4v) is 1.84. The number of carbonyl (C=O) groups is 1. The molecule has 0 aliphatic carbocycles. The minimum absolute atomic E-state index is 0.238. The Balaban J connectivity index is 2.05. The second-order valence-electron chi connectivity index (χ2n) is 4.26. The van der Waals surface area contributed by atoms with Crippen LogP contribution in [-0.4, -0.2) is 17.4 Å². The molecule has 104 valence electrons. The highest BCUT2D eigenvalue weighted by molar-refractivity contribution is 5.99. The van der Waals surface area contributed by atoms with Crippen LogP contribution in [0.15, 0.2) is 42.7 Å². The molecule has 0 aliphatic rings. The molecule has 0 spiro atoms. The molecule has 5 heteroatoms. The topological polar surface area (TPSA) is 54.0 Å². The molecule has 0 saturated heterocycles. The maximum Gasteiger partial charge on any atom is 0.255 e. The molecule has 1 heterocycles. The summed E-state index contributed by atoms with van der Waals surface area (Å²) in [5.41, 5.74) is 1.93. The van der Waals surface area contributed by atoms with Gasteiger partial charge in [0, 0.05) is 25.5 Å². The van der Waals surface area contributed by atoms with Crippen LogP contribution in [0.3, 0.4) is 0 Å². The van der Waals surface area contributed by atoms with Gasteiger partial charge in [-0.2, -0.15) is 0 Å². The molecule has 2 aromatic rings. The molecular formula is C15H16FN3O. The number of hydrogen-bond acceptors (Lipinski definition) is 3. The molecule has 2 N–H and O–H groups in total. The van der Waals surface area contributed by atoms with E-state index in [0.717, 1.165) is 5.69 Å². The summed E-state index contributed by atoms with van der Waals surface area (Å²) in [6.07, 6.45) is 3.14. The van der Waals surface area contributed by atoms with Crippen LogP contribution in [0.1, 0.15) is 22.8 Å². The number of rotatable bonds is 5. The molecule has 0 bridgehead atoms. The first-order chi connectivity index (χ1) is 9.70. The maximum absolute atomic E-state index is 13.0. The zero-order chi connectivity index (χ0) is 14.4. The van der Waals surface area contributed by atoms with Crippen molar-refractivity contribution in [1.29, 1.82) is 0 Å². The zero-order valence-electron chi connectivity index (χ0n) is 11.2. The highest BCUT2D eigenvalue weighted by Gasteiger charge is 2.10. The van der Waals surface area contributed by atoms with Gasteiger partial charge in [-0.05, 0) is 30.7 Å². The van der Waals surface area contributed by atoms with Crippen molar-refractivity contribution < 1.29 is 9.18 Å². The number of hydrogen-bond donors (Lipinski definition) is 2. The quantitative estimate of drug-likeness (QED) is 0.880. The Hall–Kier alpha value is -2.43. The number of amides is 1. The Morgan fingerprint density at radius 1 is 1.35 bits per heavy atom. The first-order valence-corrected chi connectivity index (χ1v) is 6.41. The average molecular weight is 273 g/mol. The molecule has 4 nitrogen and oxygen atoms in total. The highest BCUT2D eigenvalue weighted by Crippen LogP contribution is 2.13. The third-order valence-corrected chi connectivity index (χ3v) is 2.78. The van der Waals surface area contributed by atoms with Gasteiger partial charge < -0.3 is 10.6 Å². The van der Waals surface area contributed by atoms with Crippen LogP contribution in [0, 0.1) is 5.82 Å². The molecule has 0 aliphatic heterocycles. The van der Waals surface area contributed by atoms with Gasteiger partial charge in [0.05, 0.1) is 11.3 Å². The van der Waals surface area contributed by atoms with Gasteiger partial charge in [-0.25, -0.2) is 4.39 Å². The van der Waals surface area contributed by atoms with Gasteiger partial charge in [0.2, 0.25) is 0 Å². The Kier molecular flexibility index (Phi) is 4.65. The second kappa shape index (κ2) is 6.65. The van der Waals surface area contributed by atoms with Crippen molar-refractivity contribution in [2.24, 2.45) is 0 Å². The molecule has 1 aromatic carbocycles. The van der Waals surface area contributed by atoms with Gasteiger partial charge in [-0.3, -0.25) is 9.78 Å². The summed E-state index contributed by atoms with van der Waals surface area (Å²) in [4.78, 5) is 16.1. The molecule has 1 amide bonds. The van der Waals surface area contributed by atoms with Crippen molar-refractivity contribution in [2.45, 2.75) is 13.5 Å². The van der Waals surface area contributed by atoms with Gasteiger partial charge in [0.25, 0.3) is 5.91 Å². The fraction of sp³-hybridized carbons (Fsp3) is 0.200. The highest BCUT2D eigenvalue weighted by atomic mass is 19.1. The second-order valence-corrected chi connectivity index (χ2v) is 4.26. The summed E-state index contributed by atoms with van der Waals surface area (Å²) < 4.78 is 13.0. The number of pyridine rings is 1. The number of nitrogens with zero attached hydrogens (tertiary/aromatic N) is 1. The molecule has 1 aromatic heterocycles. The first-order valence-electron chi connectivity index (χ1n) is 6.41. The fourth-order valence-electron chi connectivity index (χ4n) is 1.84. The molecular weight excluding hydrogens is 257 g/mol. The van der Waals surface area contributed by atoms with Crippen LogP contribution >= 0.6 is 0 Å². The lowest BCUT2D eigenvalue weighted by molar-refractivity contribution is 0.0951. The number of aromatic nitrogens is 1. The number of carbonyl (C=O) groups excluding carboxylic acids is 1. The number of anilines is 1. The van der Waals surface area contributed by atoms with E-state index in [9.17, 15) is 9.18 Å². The Labute approximate surface area is 117 Å². The van der Waals surface area contributed by atoms with Crippen LogP contribution in [-0.2, 0) is 6.54 Å². The summed E-state index contributed by atoms with van der Waals surface area (Å²) in [7, 11) is 0. The van der Waals surface area contributed by atoms with E-state index in [1.165, 1.54) is 18.3 Å². The van der Waals surface area contributed by atoms with E-state index < -0.39 is 0 Å². The lowest BCUT2D eigenvalue weighted by Gasteiger charge is -2.10. The van der Waals surface area contributed by atoms with E-state index in [0.29, 0.717) is 17.7 Å². The lowest BCUT2D eigenvalue weighted by atomic mass is 10.2. The monoisotopic (exact) mass is 273 g/mol. The van der Waals surface area contributed by atoms with Crippen molar-refractivity contribution in [3.8, 4) is 0 Å². The van der Waals surface area contributed by atoms with Crippen LogP contribution in [0.4, 0.5) is 10.1 Å². The van der Waals surface area contributed by atoms with Gasteiger partial charge in [-0.1, -0.05) is 12.1 Å². The number of benzene rings is 1. The molecule has 2 rings (SSSR count). The van der Waals surface area contributed by atoms with E-state index in [1.807, 2.05) is 6.92 Å². The Morgan fingerprint density at radius 2 is 2.20 bits per heavy atom. The van der Waals surface area contributed by atoms with Crippen LogP contribution < -0.4 is 10.6 Å². The van der Waals surface area contributed by atoms with Gasteiger partial charge in [0.1, 0.15) is 5.82 Å². The predicted molar refractivity (Wildman–Crippen MR) is 76.0 cm³/mol. The van der Waals surface area contributed by atoms with Gasteiger partial charge >= 0.3 is 0 Å². The van der Waals surface area contributed by atoms with E-state index in [2.05, 4.69) is 15.6 Å². The summed E-state index contributed by atoms with van der Waals surface area (Å²) in [6, 6.07) is 7.90. The van der Waals surface area contributed by atoms with E-state index in [-0.39, 0.29) is 18.3 Å². The molecule has 20 heavy (non-hydrogen) atoms. The first kappa shape index (κ1) is 14.0. The molecule has 0 atom stereocenters. The van der Waals surface area contributed by atoms with Gasteiger partial charge in [-0.15, -0.1) is 0 Å². The van der Waals surface area contributed by atoms with Crippen LogP contribution in [0.25, 0.3) is 0 Å². The standard InChI is InChI=1S/C15H16FN3O/c1-2-18-14-6-7-17-10-13(14)15(20)19-9-11-4-3-5-12(16)8-11/h3-8,10H,2,9H2,1H3,(H,17,18)(H,19,20). The van der Waals surface area contributed by atoms with E-state index >= 15 is 0 Å². The lowest BCUT2D eigenvalue weighted by Crippen LogP contribution is -2.24. The van der Waals surface area contributed by atoms with Crippen molar-refractivity contribution in [2.75, 3.05) is 11.9 Å². The summed E-state index contributed by atoms with van der Waals surface area (Å²) in [5, 5.41) is 5.86. The normalized spacial score (nSPS) is 10.1. The SMILES string of the molecule is CCNc1ccncc1C(=O)NCc1cccc(F)c1. The number of nitrogens with one attached hydrogen (secondary N) is 2. The number of halogens is 1. The maximum atomic E-state index is 13.0. The molecule has 0 unspecified atom stereocenters. The third-order valence-electron chi connectivity index (χ3n) is 2.78. The van der Waals surface area contributed by atoms with Crippen molar-refractivity contribution in [3.05, 3.63) is 59.7 Å². The zero-order valence-corrected chi connectivity index (χ0v) is 11.2. The van der Waals surface area contributed by atoms with Crippen molar-refractivity contribution in [3.63, 3.8) is 0 Å². The minimum Gasteiger partial charge on any atom is -0.385 e.